The topological polar surface area (TPSA) is 44.5 Å². The third kappa shape index (κ3) is 3.91. The Hall–Kier alpha value is -1.13. The Morgan fingerprint density at radius 2 is 2.32 bits per heavy atom. The molecule has 3 nitrogen and oxygen atoms in total. The molecule has 0 saturated carbocycles. The number of hydrogen-bond acceptors (Lipinski definition) is 3. The summed E-state index contributed by atoms with van der Waals surface area (Å²) in [5, 5.41) is 0. The lowest BCUT2D eigenvalue weighted by molar-refractivity contribution is 0.00912. The molecule has 106 valence electrons. The van der Waals surface area contributed by atoms with Crippen molar-refractivity contribution in [1.82, 2.24) is 0 Å². The van der Waals surface area contributed by atoms with Crippen molar-refractivity contribution in [1.29, 1.82) is 0 Å². The van der Waals surface area contributed by atoms with Crippen LogP contribution in [-0.2, 0) is 4.74 Å². The zero-order valence-corrected chi connectivity index (χ0v) is 11.4. The summed E-state index contributed by atoms with van der Waals surface area (Å²) < 4.78 is 24.2. The maximum absolute atomic E-state index is 13.6. The highest BCUT2D eigenvalue weighted by Gasteiger charge is 2.16. The molecule has 0 bridgehead atoms. The van der Waals surface area contributed by atoms with Crippen molar-refractivity contribution < 1.29 is 13.9 Å². The molecule has 1 aromatic carbocycles. The Balaban J connectivity index is 1.88. The maximum Gasteiger partial charge on any atom is 0.165 e. The van der Waals surface area contributed by atoms with Crippen molar-refractivity contribution >= 4 is 0 Å². The zero-order chi connectivity index (χ0) is 13.7. The minimum Gasteiger partial charge on any atom is -0.494 e. The fourth-order valence-corrected chi connectivity index (χ4v) is 2.48. The van der Waals surface area contributed by atoms with E-state index in [1.807, 2.05) is 6.07 Å². The van der Waals surface area contributed by atoms with Crippen LogP contribution in [0.5, 0.6) is 5.75 Å². The SMILES string of the molecule is COc1ccc(C(N)CCC2CCCCO2)cc1F. The van der Waals surface area contributed by atoms with Gasteiger partial charge in [0, 0.05) is 12.6 Å². The van der Waals surface area contributed by atoms with Gasteiger partial charge in [-0.1, -0.05) is 6.07 Å². The van der Waals surface area contributed by atoms with Crippen molar-refractivity contribution in [2.24, 2.45) is 5.73 Å². The van der Waals surface area contributed by atoms with Gasteiger partial charge in [-0.3, -0.25) is 0 Å². The lowest BCUT2D eigenvalue weighted by Crippen LogP contribution is -2.21. The lowest BCUT2D eigenvalue weighted by Gasteiger charge is -2.24. The van der Waals surface area contributed by atoms with Gasteiger partial charge in [-0.2, -0.15) is 0 Å². The van der Waals surface area contributed by atoms with Gasteiger partial charge >= 0.3 is 0 Å². The number of nitrogens with two attached hydrogens (primary N) is 1. The first-order valence-corrected chi connectivity index (χ1v) is 6.91. The molecule has 0 aromatic heterocycles. The van der Waals surface area contributed by atoms with Crippen LogP contribution in [0.3, 0.4) is 0 Å². The van der Waals surface area contributed by atoms with Gasteiger partial charge in [0.05, 0.1) is 13.2 Å². The highest BCUT2D eigenvalue weighted by molar-refractivity contribution is 5.30. The summed E-state index contributed by atoms with van der Waals surface area (Å²) in [5.74, 6) is -0.101. The van der Waals surface area contributed by atoms with Crippen LogP contribution in [0.15, 0.2) is 18.2 Å². The number of methoxy groups -OCH3 is 1. The molecule has 4 heteroatoms. The van der Waals surface area contributed by atoms with Gasteiger partial charge in [-0.15, -0.1) is 0 Å². The molecule has 0 radical (unpaired) electrons. The Labute approximate surface area is 113 Å². The molecule has 1 aliphatic rings. The van der Waals surface area contributed by atoms with E-state index >= 15 is 0 Å². The second kappa shape index (κ2) is 6.87. The summed E-state index contributed by atoms with van der Waals surface area (Å²) in [5.41, 5.74) is 6.92. The molecule has 1 saturated heterocycles. The number of rotatable bonds is 5. The zero-order valence-electron chi connectivity index (χ0n) is 11.4. The van der Waals surface area contributed by atoms with Gasteiger partial charge in [0.25, 0.3) is 0 Å². The van der Waals surface area contributed by atoms with Gasteiger partial charge in [-0.05, 0) is 49.8 Å². The van der Waals surface area contributed by atoms with Gasteiger partial charge in [0.2, 0.25) is 0 Å². The molecule has 2 atom stereocenters. The van der Waals surface area contributed by atoms with E-state index in [0.29, 0.717) is 6.10 Å². The number of hydrogen-bond donors (Lipinski definition) is 1. The van der Waals surface area contributed by atoms with E-state index < -0.39 is 0 Å². The Morgan fingerprint density at radius 1 is 1.47 bits per heavy atom. The first-order chi connectivity index (χ1) is 9.20. The molecule has 1 aromatic rings. The molecule has 0 aliphatic carbocycles. The predicted molar refractivity (Wildman–Crippen MR) is 72.7 cm³/mol. The summed E-state index contributed by atoms with van der Waals surface area (Å²) in [6, 6.07) is 4.77. The van der Waals surface area contributed by atoms with Gasteiger partial charge in [0.1, 0.15) is 0 Å². The van der Waals surface area contributed by atoms with E-state index in [2.05, 4.69) is 0 Å². The van der Waals surface area contributed by atoms with E-state index in [-0.39, 0.29) is 17.6 Å². The molecule has 0 spiro atoms. The monoisotopic (exact) mass is 267 g/mol. The van der Waals surface area contributed by atoms with E-state index in [1.54, 1.807) is 6.07 Å². The van der Waals surface area contributed by atoms with Crippen molar-refractivity contribution in [2.45, 2.75) is 44.2 Å². The van der Waals surface area contributed by atoms with Crippen LogP contribution in [-0.4, -0.2) is 19.8 Å². The standard InChI is InChI=1S/C15H22FNO2/c1-18-15-8-5-11(10-13(15)16)14(17)7-6-12-4-2-3-9-19-12/h5,8,10,12,14H,2-4,6-7,9,17H2,1H3. The average molecular weight is 267 g/mol. The normalized spacial score (nSPS) is 21.1. The molecule has 2 unspecified atom stereocenters. The minimum atomic E-state index is -0.357. The highest BCUT2D eigenvalue weighted by Crippen LogP contribution is 2.25. The van der Waals surface area contributed by atoms with E-state index in [0.717, 1.165) is 37.9 Å². The Kier molecular flexibility index (Phi) is 5.16. The minimum absolute atomic E-state index is 0.147. The largest absolute Gasteiger partial charge is 0.494 e. The van der Waals surface area contributed by atoms with Crippen LogP contribution in [0.2, 0.25) is 0 Å². The van der Waals surface area contributed by atoms with Crippen LogP contribution in [0, 0.1) is 5.82 Å². The number of ether oxygens (including phenoxy) is 2. The van der Waals surface area contributed by atoms with Crippen LogP contribution in [0.1, 0.15) is 43.7 Å². The summed E-state index contributed by atoms with van der Waals surface area (Å²) in [7, 11) is 1.46. The molecular formula is C15H22FNO2. The summed E-state index contributed by atoms with van der Waals surface area (Å²) in [6.45, 7) is 0.858. The predicted octanol–water partition coefficient (Wildman–Crippen LogP) is 3.18. The average Bonchev–Trinajstić information content (AvgIpc) is 2.45. The molecule has 1 heterocycles. The summed E-state index contributed by atoms with van der Waals surface area (Å²) in [4.78, 5) is 0. The van der Waals surface area contributed by atoms with Crippen LogP contribution in [0.25, 0.3) is 0 Å². The van der Waals surface area contributed by atoms with E-state index in [1.165, 1.54) is 19.6 Å². The third-order valence-corrected chi connectivity index (χ3v) is 3.68. The number of benzene rings is 1. The second-order valence-electron chi connectivity index (χ2n) is 5.07. The quantitative estimate of drug-likeness (QED) is 0.891. The molecule has 1 aliphatic heterocycles. The molecule has 2 rings (SSSR count). The molecule has 19 heavy (non-hydrogen) atoms. The van der Waals surface area contributed by atoms with Crippen molar-refractivity contribution in [3.8, 4) is 5.75 Å². The molecule has 1 fully saturated rings. The molecule has 2 N–H and O–H groups in total. The number of halogens is 1. The van der Waals surface area contributed by atoms with Crippen molar-refractivity contribution in [3.05, 3.63) is 29.6 Å². The van der Waals surface area contributed by atoms with Crippen LogP contribution < -0.4 is 10.5 Å². The van der Waals surface area contributed by atoms with Crippen molar-refractivity contribution in [3.63, 3.8) is 0 Å². The smallest absolute Gasteiger partial charge is 0.165 e. The van der Waals surface area contributed by atoms with Gasteiger partial charge in [-0.25, -0.2) is 4.39 Å². The fourth-order valence-electron chi connectivity index (χ4n) is 2.48. The summed E-state index contributed by atoms with van der Waals surface area (Å²) >= 11 is 0. The summed E-state index contributed by atoms with van der Waals surface area (Å²) in [6.07, 6.45) is 5.58. The van der Waals surface area contributed by atoms with Gasteiger partial charge in [0.15, 0.2) is 11.6 Å². The first kappa shape index (κ1) is 14.3. The van der Waals surface area contributed by atoms with Crippen LogP contribution in [0.4, 0.5) is 4.39 Å². The maximum atomic E-state index is 13.6. The fraction of sp³-hybridized carbons (Fsp3) is 0.600. The molecular weight excluding hydrogens is 245 g/mol. The van der Waals surface area contributed by atoms with E-state index in [4.69, 9.17) is 15.2 Å². The van der Waals surface area contributed by atoms with Gasteiger partial charge < -0.3 is 15.2 Å². The Bertz CT molecular complexity index is 405. The van der Waals surface area contributed by atoms with Crippen molar-refractivity contribution in [2.75, 3.05) is 13.7 Å². The molecule has 0 amide bonds. The van der Waals surface area contributed by atoms with Crippen LogP contribution >= 0.6 is 0 Å². The third-order valence-electron chi connectivity index (χ3n) is 3.68. The highest BCUT2D eigenvalue weighted by atomic mass is 19.1. The Morgan fingerprint density at radius 3 is 2.95 bits per heavy atom. The lowest BCUT2D eigenvalue weighted by atomic mass is 9.98. The second-order valence-corrected chi connectivity index (χ2v) is 5.07. The first-order valence-electron chi connectivity index (χ1n) is 6.91. The van der Waals surface area contributed by atoms with E-state index in [9.17, 15) is 4.39 Å².